The molecule has 2 N–H and O–H groups in total. The quantitative estimate of drug-likeness (QED) is 0.675. The van der Waals surface area contributed by atoms with Gasteiger partial charge >= 0.3 is 0 Å². The SMILES string of the molecule is Oc1ccc(C(=S)n2cnnn2)c(O)c1. The van der Waals surface area contributed by atoms with Crippen molar-refractivity contribution in [2.24, 2.45) is 0 Å². The average molecular weight is 222 g/mol. The molecule has 0 spiro atoms. The third kappa shape index (κ3) is 1.77. The van der Waals surface area contributed by atoms with Crippen LogP contribution in [-0.2, 0) is 0 Å². The lowest BCUT2D eigenvalue weighted by atomic mass is 10.2. The highest BCUT2D eigenvalue weighted by atomic mass is 32.1. The van der Waals surface area contributed by atoms with E-state index in [-0.39, 0.29) is 16.5 Å². The molecule has 76 valence electrons. The summed E-state index contributed by atoms with van der Waals surface area (Å²) < 4.78 is 1.25. The Kier molecular flexibility index (Phi) is 2.30. The van der Waals surface area contributed by atoms with E-state index in [1.165, 1.54) is 29.2 Å². The van der Waals surface area contributed by atoms with Crippen LogP contribution in [0.3, 0.4) is 0 Å². The second-order valence-electron chi connectivity index (χ2n) is 2.76. The Labute approximate surface area is 89.8 Å². The molecule has 0 fully saturated rings. The second-order valence-corrected chi connectivity index (χ2v) is 3.15. The zero-order chi connectivity index (χ0) is 10.8. The Morgan fingerprint density at radius 3 is 2.73 bits per heavy atom. The minimum absolute atomic E-state index is 0.0317. The largest absolute Gasteiger partial charge is 0.508 e. The first kappa shape index (κ1) is 9.53. The van der Waals surface area contributed by atoms with Gasteiger partial charge in [-0.05, 0) is 22.6 Å². The predicted molar refractivity (Wildman–Crippen MR) is 54.7 cm³/mol. The normalized spacial score (nSPS) is 10.1. The molecule has 0 radical (unpaired) electrons. The predicted octanol–water partition coefficient (Wildman–Crippen LogP) is 0.308. The fourth-order valence-corrected chi connectivity index (χ4v) is 1.33. The standard InChI is InChI=1S/C8H6N4O2S/c13-5-1-2-6(7(14)3-5)8(15)12-4-9-10-11-12/h1-4,13-14H. The van der Waals surface area contributed by atoms with Crippen LogP contribution in [0.25, 0.3) is 0 Å². The van der Waals surface area contributed by atoms with E-state index in [1.54, 1.807) is 0 Å². The third-order valence-electron chi connectivity index (χ3n) is 1.77. The summed E-state index contributed by atoms with van der Waals surface area (Å²) in [7, 11) is 0. The average Bonchev–Trinajstić information content (AvgIpc) is 2.69. The van der Waals surface area contributed by atoms with Gasteiger partial charge in [-0.1, -0.05) is 12.2 Å². The Balaban J connectivity index is 2.42. The molecular formula is C8H6N4O2S. The van der Waals surface area contributed by atoms with E-state index in [0.29, 0.717) is 5.56 Å². The number of nitrogens with zero attached hydrogens (tertiary/aromatic N) is 4. The van der Waals surface area contributed by atoms with Gasteiger partial charge in [0.25, 0.3) is 0 Å². The molecule has 0 unspecified atom stereocenters. The number of hydrogen-bond acceptors (Lipinski definition) is 6. The first-order valence-corrected chi connectivity index (χ1v) is 4.39. The molecule has 0 aliphatic rings. The Morgan fingerprint density at radius 2 is 2.13 bits per heavy atom. The van der Waals surface area contributed by atoms with Gasteiger partial charge in [-0.15, -0.1) is 5.10 Å². The molecule has 6 nitrogen and oxygen atoms in total. The number of tetrazole rings is 1. The lowest BCUT2D eigenvalue weighted by molar-refractivity contribution is 0.449. The van der Waals surface area contributed by atoms with Gasteiger partial charge in [-0.25, -0.2) is 0 Å². The number of hydrogen-bond donors (Lipinski definition) is 2. The molecule has 0 aliphatic heterocycles. The summed E-state index contributed by atoms with van der Waals surface area (Å²) in [6.45, 7) is 0. The summed E-state index contributed by atoms with van der Waals surface area (Å²) in [5.74, 6) is -0.147. The van der Waals surface area contributed by atoms with Crippen LogP contribution in [0.2, 0.25) is 0 Å². The van der Waals surface area contributed by atoms with Crippen molar-refractivity contribution in [1.82, 2.24) is 20.2 Å². The van der Waals surface area contributed by atoms with Crippen molar-refractivity contribution in [3.8, 4) is 11.5 Å². The van der Waals surface area contributed by atoms with Crippen LogP contribution in [0, 0.1) is 0 Å². The van der Waals surface area contributed by atoms with E-state index in [2.05, 4.69) is 15.5 Å². The number of phenols is 2. The van der Waals surface area contributed by atoms with Crippen LogP contribution in [0.4, 0.5) is 0 Å². The van der Waals surface area contributed by atoms with Gasteiger partial charge in [0.05, 0.1) is 5.56 Å². The summed E-state index contributed by atoms with van der Waals surface area (Å²) in [6.07, 6.45) is 1.33. The van der Waals surface area contributed by atoms with Gasteiger partial charge in [-0.3, -0.25) is 0 Å². The van der Waals surface area contributed by atoms with Crippen LogP contribution in [0.5, 0.6) is 11.5 Å². The number of aromatic nitrogens is 4. The highest BCUT2D eigenvalue weighted by molar-refractivity contribution is 7.80. The first-order chi connectivity index (χ1) is 7.18. The number of benzene rings is 1. The van der Waals surface area contributed by atoms with E-state index in [0.717, 1.165) is 0 Å². The van der Waals surface area contributed by atoms with Crippen LogP contribution >= 0.6 is 12.2 Å². The van der Waals surface area contributed by atoms with Crippen molar-refractivity contribution < 1.29 is 10.2 Å². The number of phenolic OH excluding ortho intramolecular Hbond substituents is 2. The van der Waals surface area contributed by atoms with Crippen molar-refractivity contribution in [2.45, 2.75) is 0 Å². The summed E-state index contributed by atoms with van der Waals surface area (Å²) in [5.41, 5.74) is 0.384. The van der Waals surface area contributed by atoms with Gasteiger partial charge in [0.2, 0.25) is 0 Å². The van der Waals surface area contributed by atoms with Crippen LogP contribution < -0.4 is 0 Å². The highest BCUT2D eigenvalue weighted by Crippen LogP contribution is 2.23. The van der Waals surface area contributed by atoms with E-state index in [1.807, 2.05) is 0 Å². The summed E-state index contributed by atoms with van der Waals surface area (Å²) >= 11 is 5.05. The molecule has 15 heavy (non-hydrogen) atoms. The maximum atomic E-state index is 9.53. The van der Waals surface area contributed by atoms with Crippen LogP contribution in [-0.4, -0.2) is 35.4 Å². The number of aromatic hydroxyl groups is 2. The molecule has 1 aromatic heterocycles. The van der Waals surface area contributed by atoms with Gasteiger partial charge in [0.15, 0.2) is 0 Å². The van der Waals surface area contributed by atoms with Gasteiger partial charge in [0.1, 0.15) is 22.8 Å². The highest BCUT2D eigenvalue weighted by Gasteiger charge is 2.10. The molecule has 2 aromatic rings. The maximum absolute atomic E-state index is 9.53. The fourth-order valence-electron chi connectivity index (χ4n) is 1.08. The smallest absolute Gasteiger partial charge is 0.144 e. The Bertz CT molecular complexity index is 497. The van der Waals surface area contributed by atoms with Crippen molar-refractivity contribution in [2.75, 3.05) is 0 Å². The van der Waals surface area contributed by atoms with Crippen molar-refractivity contribution in [3.63, 3.8) is 0 Å². The number of rotatable bonds is 1. The molecule has 0 amide bonds. The molecule has 0 saturated heterocycles. The zero-order valence-corrected chi connectivity index (χ0v) is 8.22. The summed E-state index contributed by atoms with van der Waals surface area (Å²) in [4.78, 5) is 0.262. The Morgan fingerprint density at radius 1 is 1.33 bits per heavy atom. The van der Waals surface area contributed by atoms with Gasteiger partial charge < -0.3 is 10.2 Å². The minimum Gasteiger partial charge on any atom is -0.508 e. The molecule has 2 rings (SSSR count). The lowest BCUT2D eigenvalue weighted by Crippen LogP contribution is -2.11. The summed E-state index contributed by atoms with van der Waals surface area (Å²) in [5, 5.41) is 29.1. The van der Waals surface area contributed by atoms with Crippen LogP contribution in [0.15, 0.2) is 24.5 Å². The molecular weight excluding hydrogens is 216 g/mol. The van der Waals surface area contributed by atoms with Crippen molar-refractivity contribution >= 4 is 17.2 Å². The molecule has 1 heterocycles. The van der Waals surface area contributed by atoms with E-state index in [9.17, 15) is 5.11 Å². The lowest BCUT2D eigenvalue weighted by Gasteiger charge is -2.04. The van der Waals surface area contributed by atoms with Gasteiger partial charge in [0, 0.05) is 6.07 Å². The zero-order valence-electron chi connectivity index (χ0n) is 7.40. The van der Waals surface area contributed by atoms with Crippen LogP contribution in [0.1, 0.15) is 5.56 Å². The molecule has 0 aliphatic carbocycles. The second kappa shape index (κ2) is 3.62. The third-order valence-corrected chi connectivity index (χ3v) is 2.18. The Hall–Kier alpha value is -2.02. The number of thiocarbonyl (C=S) groups is 1. The molecule has 1 aromatic carbocycles. The minimum atomic E-state index is -0.115. The summed E-state index contributed by atoms with van der Waals surface area (Å²) in [6, 6.07) is 4.12. The molecule has 0 bridgehead atoms. The van der Waals surface area contributed by atoms with Crippen molar-refractivity contribution in [3.05, 3.63) is 30.1 Å². The maximum Gasteiger partial charge on any atom is 0.144 e. The molecule has 0 atom stereocenters. The topological polar surface area (TPSA) is 84.1 Å². The molecule has 0 saturated carbocycles. The van der Waals surface area contributed by atoms with E-state index < -0.39 is 0 Å². The molecule has 7 heteroatoms. The fraction of sp³-hybridized carbons (Fsp3) is 0. The van der Waals surface area contributed by atoms with E-state index in [4.69, 9.17) is 17.3 Å². The first-order valence-electron chi connectivity index (χ1n) is 3.98. The van der Waals surface area contributed by atoms with E-state index >= 15 is 0 Å². The monoisotopic (exact) mass is 222 g/mol. The van der Waals surface area contributed by atoms with Crippen molar-refractivity contribution in [1.29, 1.82) is 0 Å². The van der Waals surface area contributed by atoms with Gasteiger partial charge in [-0.2, -0.15) is 4.68 Å².